The highest BCUT2D eigenvalue weighted by Gasteiger charge is 2.14. The van der Waals surface area contributed by atoms with Gasteiger partial charge in [0.25, 0.3) is 12.4 Å². The fourth-order valence-corrected chi connectivity index (χ4v) is 7.42. The van der Waals surface area contributed by atoms with Crippen LogP contribution in [0.1, 0.15) is 53.4 Å². The van der Waals surface area contributed by atoms with Crippen molar-refractivity contribution < 1.29 is 23.4 Å². The Morgan fingerprint density at radius 1 is 0.689 bits per heavy atom. The van der Waals surface area contributed by atoms with Gasteiger partial charge in [-0.1, -0.05) is 59.1 Å². The number of anilines is 4. The molecular weight excluding hydrogens is 817 g/mol. The third-order valence-electron chi connectivity index (χ3n) is 8.76. The highest BCUT2D eigenvalue weighted by atomic mass is 32.1. The fraction of sp³-hybridized carbons (Fsp3) is 0.214. The Morgan fingerprint density at radius 3 is 1.75 bits per heavy atom. The molecule has 1 amide bonds. The molecular formula is C42H42N12O5S2. The minimum absolute atomic E-state index is 0.343. The second-order valence-electron chi connectivity index (χ2n) is 12.9. The minimum Gasteiger partial charge on any atom is -0.423 e. The zero-order valence-corrected chi connectivity index (χ0v) is 35.1. The van der Waals surface area contributed by atoms with Gasteiger partial charge in [0.2, 0.25) is 22.5 Å². The van der Waals surface area contributed by atoms with E-state index in [0.29, 0.717) is 36.4 Å². The Morgan fingerprint density at radius 2 is 1.23 bits per heavy atom. The van der Waals surface area contributed by atoms with Gasteiger partial charge >= 0.3 is 0 Å². The van der Waals surface area contributed by atoms with Crippen LogP contribution >= 0.6 is 22.7 Å². The fourth-order valence-electron chi connectivity index (χ4n) is 5.90. The summed E-state index contributed by atoms with van der Waals surface area (Å²) in [5.74, 6) is 5.32. The van der Waals surface area contributed by atoms with E-state index >= 15 is 0 Å². The molecule has 4 aromatic carbocycles. The van der Waals surface area contributed by atoms with E-state index in [1.165, 1.54) is 40.2 Å². The van der Waals surface area contributed by atoms with Crippen molar-refractivity contribution in [3.63, 3.8) is 0 Å². The predicted molar refractivity (Wildman–Crippen MR) is 236 cm³/mol. The highest BCUT2D eigenvalue weighted by Crippen LogP contribution is 2.32. The monoisotopic (exact) mass is 858 g/mol. The molecule has 0 unspecified atom stereocenters. The minimum atomic E-state index is -0.472. The number of ether oxygens (including phenoxy) is 3. The molecule has 0 radical (unpaired) electrons. The summed E-state index contributed by atoms with van der Waals surface area (Å²) in [5, 5.41) is 34.1. The number of nitrogens with one attached hydrogen (secondary N) is 3. The van der Waals surface area contributed by atoms with E-state index in [9.17, 15) is 4.79 Å². The number of hydrazine groups is 1. The van der Waals surface area contributed by atoms with E-state index in [-0.39, 0.29) is 5.91 Å². The van der Waals surface area contributed by atoms with Crippen molar-refractivity contribution in [2.75, 3.05) is 30.5 Å². The Balaban J connectivity index is 0.000000152. The number of aromatic nitrogens is 6. The summed E-state index contributed by atoms with van der Waals surface area (Å²) >= 11 is 2.90. The third-order valence-corrected chi connectivity index (χ3v) is 10.5. The first kappa shape index (κ1) is 42.5. The Hall–Kier alpha value is -6.61. The number of nitrogen functional groups attached to an aromatic ring is 1. The zero-order valence-electron chi connectivity index (χ0n) is 33.4. The van der Waals surface area contributed by atoms with E-state index in [2.05, 4.69) is 74.8 Å². The predicted octanol–water partition coefficient (Wildman–Crippen LogP) is 7.80. The molecule has 3 aromatic heterocycles. The van der Waals surface area contributed by atoms with Crippen molar-refractivity contribution in [3.05, 3.63) is 119 Å². The molecule has 19 heteroatoms. The number of fused-ring (bicyclic) bond motifs is 2. The maximum atomic E-state index is 11.6. The van der Waals surface area contributed by atoms with Crippen LogP contribution < -0.4 is 21.9 Å². The number of aliphatic imine (C=N–C) groups is 2. The Kier molecular flexibility index (Phi) is 14.7. The van der Waals surface area contributed by atoms with Crippen molar-refractivity contribution in [3.8, 4) is 32.6 Å². The Labute approximate surface area is 359 Å². The van der Waals surface area contributed by atoms with Crippen molar-refractivity contribution >= 4 is 62.6 Å². The number of nitrogens with zero attached hydrogens (tertiary/aromatic N) is 8. The third kappa shape index (κ3) is 11.4. The van der Waals surface area contributed by atoms with Crippen LogP contribution in [0.2, 0.25) is 0 Å². The van der Waals surface area contributed by atoms with Gasteiger partial charge in [0.15, 0.2) is 0 Å². The van der Waals surface area contributed by atoms with Crippen molar-refractivity contribution in [1.29, 1.82) is 0 Å². The molecule has 0 aliphatic carbocycles. The largest absolute Gasteiger partial charge is 0.423 e. The maximum absolute atomic E-state index is 11.6. The number of carbonyl (C=O) groups is 1. The number of amides is 1. The van der Waals surface area contributed by atoms with Crippen LogP contribution in [0, 0.1) is 0 Å². The summed E-state index contributed by atoms with van der Waals surface area (Å²) in [6.45, 7) is 8.60. The van der Waals surface area contributed by atoms with Crippen LogP contribution in [-0.2, 0) is 27.3 Å². The number of carbonyl (C=O) groups excluding carboxylic acids is 1. The lowest BCUT2D eigenvalue weighted by Crippen LogP contribution is -2.29. The summed E-state index contributed by atoms with van der Waals surface area (Å²) in [6.07, 6.45) is 5.09. The van der Waals surface area contributed by atoms with Crippen LogP contribution in [0.25, 0.3) is 32.6 Å². The summed E-state index contributed by atoms with van der Waals surface area (Å²) in [4.78, 5) is 20.2. The van der Waals surface area contributed by atoms with Gasteiger partial charge in [0, 0.05) is 65.9 Å². The van der Waals surface area contributed by atoms with E-state index in [0.717, 1.165) is 67.4 Å². The molecule has 0 bridgehead atoms. The molecule has 2 aliphatic heterocycles. The van der Waals surface area contributed by atoms with Crippen molar-refractivity contribution in [2.24, 2.45) is 15.8 Å². The standard InChI is InChI=1S/C18H12N6OS.C17H14N6OS.C7H16O3/c1-2-11(16-22-20-10-25-16)6-12(3-1)17-23-24-18(26-17)21-15-5-4-13-8-19-9-14(13)7-15;18-21-15(24)10-2-1-3-11(6-10)16-22-23-17(25-16)20-14-5-4-12-8-19-9-13(12)7-14;1-4-8-7(9-5-2)10-6-3/h1-7,9-10H,8H2,(H,21,24);1-7,9H,8,18H2,(H,20,23)(H,21,24);7H,4-6H2,1-3H3. The van der Waals surface area contributed by atoms with Crippen LogP contribution in [0.4, 0.5) is 21.6 Å². The molecule has 17 nitrogen and oxygen atoms in total. The van der Waals surface area contributed by atoms with E-state index in [1.54, 1.807) is 18.2 Å². The molecule has 5 heterocycles. The van der Waals surface area contributed by atoms with Crippen molar-refractivity contribution in [1.82, 2.24) is 36.0 Å². The molecule has 61 heavy (non-hydrogen) atoms. The molecule has 312 valence electrons. The second kappa shape index (κ2) is 21.1. The molecule has 0 saturated heterocycles. The Bertz CT molecular complexity index is 2580. The molecule has 2 aliphatic rings. The lowest BCUT2D eigenvalue weighted by molar-refractivity contribution is -0.282. The first-order chi connectivity index (χ1) is 29.9. The number of hydrogen-bond donors (Lipinski definition) is 4. The van der Waals surface area contributed by atoms with Gasteiger partial charge < -0.3 is 29.3 Å². The molecule has 7 aromatic rings. The number of rotatable bonds is 14. The SMILES string of the molecule is C1=NCc2ccc(Nc3nnc(-c4cccc(-c5nnco5)c4)s3)cc21.CCOC(OCC)OCC.NNC(=O)c1cccc(-c2nnc(Nc3ccc4c(c3)C=NC4)s2)c1. The number of hydrogen-bond acceptors (Lipinski definition) is 18. The summed E-state index contributed by atoms with van der Waals surface area (Å²) in [6, 6.07) is 27.2. The van der Waals surface area contributed by atoms with Gasteiger partial charge in [-0.15, -0.1) is 30.6 Å². The lowest BCUT2D eigenvalue weighted by Gasteiger charge is -2.15. The molecule has 0 atom stereocenters. The summed E-state index contributed by atoms with van der Waals surface area (Å²) in [7, 11) is 0. The van der Waals surface area contributed by atoms with E-state index in [1.807, 2.05) is 81.7 Å². The second-order valence-corrected chi connectivity index (χ2v) is 14.8. The van der Waals surface area contributed by atoms with Crippen LogP contribution in [-0.4, -0.2) is 75.2 Å². The first-order valence-electron chi connectivity index (χ1n) is 19.2. The zero-order chi connectivity index (χ0) is 42.4. The van der Waals surface area contributed by atoms with Gasteiger partial charge in [-0.05, 0) is 91.6 Å². The van der Waals surface area contributed by atoms with Crippen LogP contribution in [0.15, 0.2) is 106 Å². The highest BCUT2D eigenvalue weighted by molar-refractivity contribution is 7.18. The van der Waals surface area contributed by atoms with Gasteiger partial charge in [-0.2, -0.15) is 0 Å². The van der Waals surface area contributed by atoms with Gasteiger partial charge in [-0.3, -0.25) is 20.2 Å². The normalized spacial score (nSPS) is 12.0. The molecule has 0 fully saturated rings. The first-order valence-corrected chi connectivity index (χ1v) is 20.9. The van der Waals surface area contributed by atoms with E-state index in [4.69, 9.17) is 24.5 Å². The summed E-state index contributed by atoms with van der Waals surface area (Å²) < 4.78 is 20.5. The maximum Gasteiger partial charge on any atom is 0.271 e. The van der Waals surface area contributed by atoms with Crippen LogP contribution in [0.5, 0.6) is 0 Å². The molecule has 9 rings (SSSR count). The number of benzene rings is 4. The average molecular weight is 859 g/mol. The quantitative estimate of drug-likeness (QED) is 0.0355. The topological polar surface area (TPSA) is 222 Å². The van der Waals surface area contributed by atoms with Gasteiger partial charge in [0.1, 0.15) is 10.0 Å². The van der Waals surface area contributed by atoms with Gasteiger partial charge in [-0.25, -0.2) is 5.84 Å². The molecule has 0 saturated carbocycles. The number of nitrogens with two attached hydrogens (primary N) is 1. The average Bonchev–Trinajstić information content (AvgIpc) is 4.15. The molecule has 0 spiro atoms. The van der Waals surface area contributed by atoms with Crippen molar-refractivity contribution in [2.45, 2.75) is 40.3 Å². The smallest absolute Gasteiger partial charge is 0.271 e. The van der Waals surface area contributed by atoms with Crippen LogP contribution in [0.3, 0.4) is 0 Å². The lowest BCUT2D eigenvalue weighted by atomic mass is 10.1. The molecule has 5 N–H and O–H groups in total. The summed E-state index contributed by atoms with van der Waals surface area (Å²) in [5.41, 5.74) is 11.8. The van der Waals surface area contributed by atoms with Gasteiger partial charge in [0.05, 0.1) is 13.1 Å². The van der Waals surface area contributed by atoms with E-state index < -0.39 is 6.48 Å².